The van der Waals surface area contributed by atoms with Gasteiger partial charge in [0.1, 0.15) is 17.1 Å². The highest BCUT2D eigenvalue weighted by molar-refractivity contribution is 6.33. The van der Waals surface area contributed by atoms with Gasteiger partial charge in [0.25, 0.3) is 11.6 Å². The largest absolute Gasteiger partial charge is 0.455 e. The van der Waals surface area contributed by atoms with Crippen LogP contribution >= 0.6 is 11.6 Å². The number of nitro benzene ring substituents is 1. The standard InChI is InChI=1S/C19H17ClN4O5/c20-15-10-12(24(27)28)4-6-14(15)16-7-5-13(29-16)11-21-23-17(25)19(22-18(23)26)8-2-1-3-9-19/h4-7,10-11H,1-3,8-9H2,(H,22,26)/b21-11-. The van der Waals surface area contributed by atoms with Crippen molar-refractivity contribution < 1.29 is 18.9 Å². The number of non-ortho nitro benzene ring substituents is 1. The van der Waals surface area contributed by atoms with Gasteiger partial charge in [-0.25, -0.2) is 4.79 Å². The molecule has 9 nitrogen and oxygen atoms in total. The third-order valence-electron chi connectivity index (χ3n) is 5.20. The van der Waals surface area contributed by atoms with Gasteiger partial charge >= 0.3 is 6.03 Å². The van der Waals surface area contributed by atoms with E-state index in [1.165, 1.54) is 24.4 Å². The number of nitrogens with zero attached hydrogens (tertiary/aromatic N) is 3. The lowest BCUT2D eigenvalue weighted by Crippen LogP contribution is -2.48. The number of benzene rings is 1. The third kappa shape index (κ3) is 3.49. The van der Waals surface area contributed by atoms with Gasteiger partial charge in [-0.3, -0.25) is 14.9 Å². The van der Waals surface area contributed by atoms with Crippen molar-refractivity contribution in [1.82, 2.24) is 10.3 Å². The Labute approximate surface area is 170 Å². The third-order valence-corrected chi connectivity index (χ3v) is 5.52. The molecule has 0 unspecified atom stereocenters. The van der Waals surface area contributed by atoms with Gasteiger partial charge in [-0.2, -0.15) is 5.10 Å². The van der Waals surface area contributed by atoms with E-state index in [0.29, 0.717) is 29.9 Å². The number of nitro groups is 1. The van der Waals surface area contributed by atoms with Crippen LogP contribution in [0.4, 0.5) is 10.5 Å². The highest BCUT2D eigenvalue weighted by Gasteiger charge is 2.51. The molecule has 1 aliphatic carbocycles. The Bertz CT molecular complexity index is 1030. The van der Waals surface area contributed by atoms with Gasteiger partial charge in [0.2, 0.25) is 0 Å². The average molecular weight is 417 g/mol. The molecule has 2 heterocycles. The second-order valence-electron chi connectivity index (χ2n) is 7.06. The Kier molecular flexibility index (Phi) is 4.83. The molecule has 150 valence electrons. The molecule has 1 spiro atoms. The highest BCUT2D eigenvalue weighted by atomic mass is 35.5. The molecular formula is C19H17ClN4O5. The zero-order valence-corrected chi connectivity index (χ0v) is 16.0. The average Bonchev–Trinajstić information content (AvgIpc) is 3.24. The first kappa shape index (κ1) is 19.1. The molecular weight excluding hydrogens is 400 g/mol. The lowest BCUT2D eigenvalue weighted by molar-refractivity contribution is -0.384. The number of carbonyl (C=O) groups is 2. The summed E-state index contributed by atoms with van der Waals surface area (Å²) in [4.78, 5) is 35.2. The van der Waals surface area contributed by atoms with E-state index in [1.807, 2.05) is 0 Å². The topological polar surface area (TPSA) is 118 Å². The molecule has 1 aliphatic heterocycles. The second kappa shape index (κ2) is 7.32. The summed E-state index contributed by atoms with van der Waals surface area (Å²) in [5.41, 5.74) is -0.483. The molecule has 0 bridgehead atoms. The first-order valence-corrected chi connectivity index (χ1v) is 9.52. The van der Waals surface area contributed by atoms with Crippen LogP contribution in [0.5, 0.6) is 0 Å². The number of rotatable bonds is 4. The van der Waals surface area contributed by atoms with E-state index in [2.05, 4.69) is 10.4 Å². The lowest BCUT2D eigenvalue weighted by Gasteiger charge is -2.29. The van der Waals surface area contributed by atoms with Crippen molar-refractivity contribution in [2.24, 2.45) is 5.10 Å². The molecule has 1 N–H and O–H groups in total. The van der Waals surface area contributed by atoms with E-state index in [9.17, 15) is 19.7 Å². The zero-order chi connectivity index (χ0) is 20.6. The van der Waals surface area contributed by atoms with Crippen molar-refractivity contribution in [2.75, 3.05) is 0 Å². The first-order chi connectivity index (χ1) is 13.9. The maximum absolute atomic E-state index is 12.7. The Morgan fingerprint density at radius 2 is 1.97 bits per heavy atom. The van der Waals surface area contributed by atoms with Gasteiger partial charge in [-0.05, 0) is 31.0 Å². The van der Waals surface area contributed by atoms with Crippen molar-refractivity contribution in [2.45, 2.75) is 37.6 Å². The van der Waals surface area contributed by atoms with Crippen LogP contribution in [0.25, 0.3) is 11.3 Å². The van der Waals surface area contributed by atoms with Gasteiger partial charge in [-0.1, -0.05) is 30.9 Å². The molecule has 2 aromatic rings. The summed E-state index contributed by atoms with van der Waals surface area (Å²) in [7, 11) is 0. The minimum absolute atomic E-state index is 0.123. The van der Waals surface area contributed by atoms with Crippen LogP contribution in [0.3, 0.4) is 0 Å². The summed E-state index contributed by atoms with van der Waals surface area (Å²) in [5.74, 6) is 0.343. The van der Waals surface area contributed by atoms with Gasteiger partial charge in [0.05, 0.1) is 16.2 Å². The predicted molar refractivity (Wildman–Crippen MR) is 105 cm³/mol. The number of imide groups is 1. The van der Waals surface area contributed by atoms with Crippen LogP contribution in [0.2, 0.25) is 5.02 Å². The molecule has 1 saturated carbocycles. The van der Waals surface area contributed by atoms with E-state index in [-0.39, 0.29) is 16.6 Å². The molecule has 1 saturated heterocycles. The minimum Gasteiger partial charge on any atom is -0.455 e. The summed E-state index contributed by atoms with van der Waals surface area (Å²) >= 11 is 6.11. The number of halogens is 1. The van der Waals surface area contributed by atoms with Gasteiger partial charge in [0.15, 0.2) is 0 Å². The Morgan fingerprint density at radius 3 is 2.66 bits per heavy atom. The second-order valence-corrected chi connectivity index (χ2v) is 7.46. The van der Waals surface area contributed by atoms with Crippen molar-refractivity contribution >= 4 is 35.4 Å². The van der Waals surface area contributed by atoms with Crippen LogP contribution in [-0.2, 0) is 4.79 Å². The van der Waals surface area contributed by atoms with E-state index in [1.54, 1.807) is 12.1 Å². The van der Waals surface area contributed by atoms with E-state index < -0.39 is 16.5 Å². The maximum Gasteiger partial charge on any atom is 0.346 e. The number of hydrogen-bond donors (Lipinski definition) is 1. The van der Waals surface area contributed by atoms with Crippen LogP contribution in [0.1, 0.15) is 37.9 Å². The molecule has 3 amide bonds. The highest BCUT2D eigenvalue weighted by Crippen LogP contribution is 2.34. The van der Waals surface area contributed by atoms with Gasteiger partial charge < -0.3 is 9.73 Å². The number of carbonyl (C=O) groups excluding carboxylic acids is 2. The summed E-state index contributed by atoms with van der Waals surface area (Å²) in [6.45, 7) is 0. The van der Waals surface area contributed by atoms with Crippen molar-refractivity contribution in [1.29, 1.82) is 0 Å². The molecule has 0 radical (unpaired) electrons. The van der Waals surface area contributed by atoms with Crippen LogP contribution in [0, 0.1) is 10.1 Å². The molecule has 0 atom stereocenters. The van der Waals surface area contributed by atoms with E-state index >= 15 is 0 Å². The number of nitrogens with one attached hydrogen (secondary N) is 1. The molecule has 1 aromatic carbocycles. The van der Waals surface area contributed by atoms with Crippen molar-refractivity contribution in [3.05, 3.63) is 51.2 Å². The smallest absolute Gasteiger partial charge is 0.346 e. The molecule has 10 heteroatoms. The summed E-state index contributed by atoms with van der Waals surface area (Å²) in [6, 6.07) is 6.75. The molecule has 1 aromatic heterocycles. The van der Waals surface area contributed by atoms with E-state index in [4.69, 9.17) is 16.0 Å². The maximum atomic E-state index is 12.7. The normalized spacial score (nSPS) is 18.6. The summed E-state index contributed by atoms with van der Waals surface area (Å²) < 4.78 is 5.64. The van der Waals surface area contributed by atoms with Crippen LogP contribution in [0.15, 0.2) is 39.9 Å². The van der Waals surface area contributed by atoms with Crippen molar-refractivity contribution in [3.8, 4) is 11.3 Å². The SMILES string of the molecule is O=C1NC2(CCCCC2)C(=O)N1/N=C\c1ccc(-c2ccc([N+](=O)[O-])cc2Cl)o1. The fourth-order valence-electron chi connectivity index (χ4n) is 3.70. The fraction of sp³-hybridized carbons (Fsp3) is 0.316. The number of hydrogen-bond acceptors (Lipinski definition) is 6. The quantitative estimate of drug-likeness (QED) is 0.348. The molecule has 2 fully saturated rings. The number of hydrazone groups is 1. The van der Waals surface area contributed by atoms with Gasteiger partial charge in [0, 0.05) is 17.7 Å². The lowest BCUT2D eigenvalue weighted by atomic mass is 9.82. The number of furan rings is 1. The monoisotopic (exact) mass is 416 g/mol. The first-order valence-electron chi connectivity index (χ1n) is 9.14. The molecule has 4 rings (SSSR count). The Morgan fingerprint density at radius 1 is 1.21 bits per heavy atom. The van der Waals surface area contributed by atoms with E-state index in [0.717, 1.165) is 24.3 Å². The fourth-order valence-corrected chi connectivity index (χ4v) is 3.97. The molecule has 2 aliphatic rings. The summed E-state index contributed by atoms with van der Waals surface area (Å²) in [6.07, 6.45) is 5.35. The van der Waals surface area contributed by atoms with Crippen LogP contribution < -0.4 is 5.32 Å². The van der Waals surface area contributed by atoms with Crippen molar-refractivity contribution in [3.63, 3.8) is 0 Å². The Balaban J connectivity index is 1.52. The minimum atomic E-state index is -0.840. The Hall–Kier alpha value is -3.20. The number of urea groups is 1. The van der Waals surface area contributed by atoms with Crippen LogP contribution in [-0.4, -0.2) is 33.6 Å². The number of amides is 3. The zero-order valence-electron chi connectivity index (χ0n) is 15.3. The molecule has 29 heavy (non-hydrogen) atoms. The van der Waals surface area contributed by atoms with Gasteiger partial charge in [-0.15, -0.1) is 5.01 Å². The predicted octanol–water partition coefficient (Wildman–Crippen LogP) is 4.10. The summed E-state index contributed by atoms with van der Waals surface area (Å²) in [5, 5.41) is 18.6.